The highest BCUT2D eigenvalue weighted by atomic mass is 35.5. The van der Waals surface area contributed by atoms with Crippen LogP contribution in [0.4, 0.5) is 0 Å². The molecule has 0 saturated carbocycles. The molecule has 2 aliphatic heterocycles. The molecule has 2 unspecified atom stereocenters. The summed E-state index contributed by atoms with van der Waals surface area (Å²) in [5.41, 5.74) is 6.31. The maximum Gasteiger partial charge on any atom is 0.266 e. The van der Waals surface area contributed by atoms with E-state index in [1.54, 1.807) is 12.5 Å². The Balaban J connectivity index is 0.00000206. The van der Waals surface area contributed by atoms with Gasteiger partial charge in [-0.05, 0) is 23.3 Å². The van der Waals surface area contributed by atoms with Crippen LogP contribution in [0.5, 0.6) is 0 Å². The van der Waals surface area contributed by atoms with Gasteiger partial charge in [0.25, 0.3) is 5.82 Å². The maximum absolute atomic E-state index is 5.64. The summed E-state index contributed by atoms with van der Waals surface area (Å²) in [6.07, 6.45) is 12.9. The first kappa shape index (κ1) is 20.1. The van der Waals surface area contributed by atoms with Crippen LogP contribution in [0.2, 0.25) is 0 Å². The highest BCUT2D eigenvalue weighted by Gasteiger charge is 2.60. The molecule has 4 nitrogen and oxygen atoms in total. The van der Waals surface area contributed by atoms with Gasteiger partial charge in [0.15, 0.2) is 0 Å². The molecular formula is C28H23ClN2O2. The molecule has 2 bridgehead atoms. The van der Waals surface area contributed by atoms with Gasteiger partial charge in [-0.25, -0.2) is 9.13 Å². The van der Waals surface area contributed by atoms with Crippen molar-refractivity contribution in [2.45, 2.75) is 30.3 Å². The van der Waals surface area contributed by atoms with E-state index in [2.05, 4.69) is 88.3 Å². The normalized spacial score (nSPS) is 19.5. The number of hydrogen-bond donors (Lipinski definition) is 0. The van der Waals surface area contributed by atoms with Crippen molar-refractivity contribution in [2.24, 2.45) is 0 Å². The Hall–Kier alpha value is -3.50. The molecule has 0 saturated heterocycles. The number of aromatic nitrogens is 2. The van der Waals surface area contributed by atoms with Gasteiger partial charge in [0.05, 0.1) is 25.1 Å². The predicted molar refractivity (Wildman–Crippen MR) is 119 cm³/mol. The first-order valence-corrected chi connectivity index (χ1v) is 11.1. The fraction of sp³-hybridized carbons (Fsp3) is 0.179. The van der Waals surface area contributed by atoms with Crippen LogP contribution in [0.1, 0.15) is 52.0 Å². The number of imidazole rings is 1. The average Bonchev–Trinajstić information content (AvgIpc) is 3.62. The van der Waals surface area contributed by atoms with Crippen LogP contribution in [-0.4, -0.2) is 4.57 Å². The highest BCUT2D eigenvalue weighted by Crippen LogP contribution is 2.61. The lowest BCUT2D eigenvalue weighted by Crippen LogP contribution is -3.00. The Bertz CT molecular complexity index is 1350. The van der Waals surface area contributed by atoms with E-state index >= 15 is 0 Å². The zero-order valence-electron chi connectivity index (χ0n) is 18.0. The minimum Gasteiger partial charge on any atom is -1.00 e. The summed E-state index contributed by atoms with van der Waals surface area (Å²) in [5.74, 6) is 1.49. The molecule has 0 radical (unpaired) electrons. The summed E-state index contributed by atoms with van der Waals surface area (Å²) in [5, 5.41) is 0. The van der Waals surface area contributed by atoms with Gasteiger partial charge in [-0.2, -0.15) is 0 Å². The SMILES string of the molecule is [Cl-].c1ccc(C[n+]2ccn3c2C2c4ccccc4C3CC2(c2ccoc2)c2ccoc2)cc1. The van der Waals surface area contributed by atoms with Crippen molar-refractivity contribution in [2.75, 3.05) is 0 Å². The van der Waals surface area contributed by atoms with E-state index in [-0.39, 0.29) is 29.8 Å². The van der Waals surface area contributed by atoms with Gasteiger partial charge < -0.3 is 21.2 Å². The van der Waals surface area contributed by atoms with Gasteiger partial charge in [0.2, 0.25) is 0 Å². The Kier molecular flexibility index (Phi) is 4.59. The van der Waals surface area contributed by atoms with E-state index in [4.69, 9.17) is 8.83 Å². The molecule has 1 aliphatic carbocycles. The Labute approximate surface area is 198 Å². The second-order valence-electron chi connectivity index (χ2n) is 8.95. The molecular weight excluding hydrogens is 432 g/mol. The first-order chi connectivity index (χ1) is 15.9. The third kappa shape index (κ3) is 2.74. The number of fused-ring (bicyclic) bond motifs is 1. The summed E-state index contributed by atoms with van der Waals surface area (Å²) in [6.45, 7) is 0.849. The van der Waals surface area contributed by atoms with Crippen LogP contribution >= 0.6 is 0 Å². The third-order valence-electron chi connectivity index (χ3n) is 7.50. The summed E-state index contributed by atoms with van der Waals surface area (Å²) in [6, 6.07) is 24.2. The number of benzene rings is 2. The fourth-order valence-electron chi connectivity index (χ4n) is 6.20. The molecule has 2 aromatic carbocycles. The molecule has 3 aliphatic rings. The van der Waals surface area contributed by atoms with E-state index in [0.29, 0.717) is 0 Å². The summed E-state index contributed by atoms with van der Waals surface area (Å²) in [7, 11) is 0. The monoisotopic (exact) mass is 454 g/mol. The average molecular weight is 455 g/mol. The van der Waals surface area contributed by atoms with Crippen LogP contribution in [0, 0.1) is 0 Å². The van der Waals surface area contributed by atoms with E-state index in [0.717, 1.165) is 13.0 Å². The molecule has 5 heterocycles. The van der Waals surface area contributed by atoms with Crippen LogP contribution in [0.15, 0.2) is 113 Å². The van der Waals surface area contributed by atoms with Crippen LogP contribution < -0.4 is 17.0 Å². The molecule has 33 heavy (non-hydrogen) atoms. The van der Waals surface area contributed by atoms with Crippen molar-refractivity contribution >= 4 is 0 Å². The number of rotatable bonds is 4. The smallest absolute Gasteiger partial charge is 0.266 e. The minimum atomic E-state index is -0.244. The van der Waals surface area contributed by atoms with Gasteiger partial charge in [0.1, 0.15) is 30.9 Å². The van der Waals surface area contributed by atoms with E-state index < -0.39 is 0 Å². The van der Waals surface area contributed by atoms with Crippen molar-refractivity contribution in [1.82, 2.24) is 4.57 Å². The number of halogens is 1. The zero-order valence-corrected chi connectivity index (χ0v) is 18.7. The third-order valence-corrected chi connectivity index (χ3v) is 7.50. The molecule has 0 amide bonds. The first-order valence-electron chi connectivity index (χ1n) is 11.1. The van der Waals surface area contributed by atoms with Crippen molar-refractivity contribution in [3.05, 3.63) is 138 Å². The largest absolute Gasteiger partial charge is 1.00 e. The van der Waals surface area contributed by atoms with Crippen LogP contribution in [0.25, 0.3) is 0 Å². The summed E-state index contributed by atoms with van der Waals surface area (Å²) < 4.78 is 16.2. The van der Waals surface area contributed by atoms with Crippen LogP contribution in [0.3, 0.4) is 0 Å². The maximum atomic E-state index is 5.64. The molecule has 5 heteroatoms. The topological polar surface area (TPSA) is 35.1 Å². The van der Waals surface area contributed by atoms with Gasteiger partial charge in [-0.3, -0.25) is 0 Å². The quantitative estimate of drug-likeness (QED) is 0.391. The molecule has 0 spiro atoms. The molecule has 164 valence electrons. The van der Waals surface area contributed by atoms with Gasteiger partial charge in [-0.1, -0.05) is 54.6 Å². The van der Waals surface area contributed by atoms with Gasteiger partial charge in [0, 0.05) is 28.5 Å². The fourth-order valence-corrected chi connectivity index (χ4v) is 6.20. The van der Waals surface area contributed by atoms with Crippen molar-refractivity contribution in [3.63, 3.8) is 0 Å². The molecule has 0 fully saturated rings. The van der Waals surface area contributed by atoms with E-state index in [1.165, 1.54) is 33.6 Å². The molecule has 8 rings (SSSR count). The summed E-state index contributed by atoms with van der Waals surface area (Å²) >= 11 is 0. The number of furan rings is 2. The number of hydrogen-bond acceptors (Lipinski definition) is 2. The Morgan fingerprint density at radius 2 is 1.52 bits per heavy atom. The predicted octanol–water partition coefficient (Wildman–Crippen LogP) is 2.44. The van der Waals surface area contributed by atoms with Crippen LogP contribution in [-0.2, 0) is 12.0 Å². The van der Waals surface area contributed by atoms with Gasteiger partial charge in [-0.15, -0.1) is 0 Å². The zero-order chi connectivity index (χ0) is 21.1. The second-order valence-corrected chi connectivity index (χ2v) is 8.95. The molecule has 3 aromatic heterocycles. The highest BCUT2D eigenvalue weighted by molar-refractivity contribution is 5.54. The summed E-state index contributed by atoms with van der Waals surface area (Å²) in [4.78, 5) is 0. The van der Waals surface area contributed by atoms with E-state index in [1.807, 2.05) is 12.5 Å². The Morgan fingerprint density at radius 1 is 0.848 bits per heavy atom. The van der Waals surface area contributed by atoms with E-state index in [9.17, 15) is 0 Å². The second kappa shape index (κ2) is 7.53. The van der Waals surface area contributed by atoms with Crippen molar-refractivity contribution < 1.29 is 25.8 Å². The standard InChI is InChI=1S/C28H23N2O2.ClH/c1-2-6-20(7-3-1)17-29-12-13-30-25-16-28(21-10-14-31-18-21,22-11-15-32-19-22)26(27(29)30)24-9-5-4-8-23(24)25;/h1-15,18-19,25-26H,16-17H2;1H/q+1;/p-1. The molecule has 2 atom stereocenters. The molecule has 0 N–H and O–H groups in total. The lowest BCUT2D eigenvalue weighted by atomic mass is 9.55. The van der Waals surface area contributed by atoms with Crippen molar-refractivity contribution in [1.29, 1.82) is 0 Å². The van der Waals surface area contributed by atoms with Crippen molar-refractivity contribution in [3.8, 4) is 0 Å². The molecule has 5 aromatic rings. The van der Waals surface area contributed by atoms with Gasteiger partial charge >= 0.3 is 0 Å². The lowest BCUT2D eigenvalue weighted by molar-refractivity contribution is -0.697. The lowest BCUT2D eigenvalue weighted by Gasteiger charge is -2.49. The minimum absolute atomic E-state index is 0. The number of nitrogens with zero attached hydrogens (tertiary/aromatic N) is 2. The Morgan fingerprint density at radius 3 is 2.18 bits per heavy atom.